The molecular formula is C31H26N2O2. The smallest absolute Gasteiger partial charge is 0.250 e. The van der Waals surface area contributed by atoms with E-state index in [1.165, 1.54) is 0 Å². The van der Waals surface area contributed by atoms with E-state index in [9.17, 15) is 9.59 Å². The van der Waals surface area contributed by atoms with Crippen LogP contribution in [0, 0.1) is 5.41 Å². The zero-order chi connectivity index (χ0) is 23.8. The van der Waals surface area contributed by atoms with Crippen molar-refractivity contribution < 1.29 is 9.59 Å². The van der Waals surface area contributed by atoms with E-state index in [0.29, 0.717) is 13.0 Å². The van der Waals surface area contributed by atoms with Gasteiger partial charge in [-0.1, -0.05) is 84.9 Å². The SMILES string of the molecule is CN1C[C@@H](c2cccc3ccccc23)[C@@]2(CCc3ccccc3C2=O)[C@@]12C(=O)Nc1ccccc12. The Balaban J connectivity index is 1.57. The van der Waals surface area contributed by atoms with Crippen LogP contribution in [-0.4, -0.2) is 30.2 Å². The monoisotopic (exact) mass is 458 g/mol. The second-order valence-corrected chi connectivity index (χ2v) is 10.2. The molecule has 0 aromatic heterocycles. The fraction of sp³-hybridized carbons (Fsp3) is 0.226. The number of fused-ring (bicyclic) bond motifs is 5. The number of hydrogen-bond acceptors (Lipinski definition) is 3. The van der Waals surface area contributed by atoms with Crippen molar-refractivity contribution >= 4 is 28.2 Å². The van der Waals surface area contributed by atoms with E-state index in [-0.39, 0.29) is 17.6 Å². The van der Waals surface area contributed by atoms with Gasteiger partial charge in [0.05, 0.1) is 5.41 Å². The number of likely N-dealkylation sites (N-methyl/N-ethyl adjacent to an activating group) is 1. The van der Waals surface area contributed by atoms with Crippen molar-refractivity contribution in [1.29, 1.82) is 0 Å². The van der Waals surface area contributed by atoms with E-state index in [4.69, 9.17) is 0 Å². The van der Waals surface area contributed by atoms with Gasteiger partial charge in [-0.25, -0.2) is 0 Å². The average molecular weight is 459 g/mol. The number of likely N-dealkylation sites (tertiary alicyclic amines) is 1. The fourth-order valence-electron chi connectivity index (χ4n) is 7.47. The summed E-state index contributed by atoms with van der Waals surface area (Å²) in [5.41, 5.74) is 2.74. The van der Waals surface area contributed by atoms with E-state index < -0.39 is 11.0 Å². The molecule has 7 rings (SSSR count). The Morgan fingerprint density at radius 2 is 1.60 bits per heavy atom. The third-order valence-corrected chi connectivity index (χ3v) is 8.82. The second kappa shape index (κ2) is 7.12. The normalized spacial score (nSPS) is 27.4. The number of nitrogens with zero attached hydrogens (tertiary/aromatic N) is 1. The molecule has 1 N–H and O–H groups in total. The first-order valence-corrected chi connectivity index (χ1v) is 12.3. The maximum atomic E-state index is 14.8. The van der Waals surface area contributed by atoms with Gasteiger partial charge in [0.1, 0.15) is 5.54 Å². The molecule has 3 atom stereocenters. The Hall–Kier alpha value is -3.76. The topological polar surface area (TPSA) is 49.4 Å². The number of aryl methyl sites for hydroxylation is 1. The number of ketones is 1. The molecule has 0 bridgehead atoms. The summed E-state index contributed by atoms with van der Waals surface area (Å²) in [4.78, 5) is 31.1. The van der Waals surface area contributed by atoms with Gasteiger partial charge in [0.15, 0.2) is 5.78 Å². The number of rotatable bonds is 1. The number of para-hydroxylation sites is 1. The molecule has 4 aromatic carbocycles. The van der Waals surface area contributed by atoms with Crippen LogP contribution < -0.4 is 5.32 Å². The number of benzene rings is 4. The van der Waals surface area contributed by atoms with Crippen LogP contribution in [0.15, 0.2) is 91.0 Å². The Labute approximate surface area is 204 Å². The molecule has 4 nitrogen and oxygen atoms in total. The highest BCUT2D eigenvalue weighted by atomic mass is 16.2. The van der Waals surface area contributed by atoms with Crippen molar-refractivity contribution in [3.8, 4) is 0 Å². The lowest BCUT2D eigenvalue weighted by molar-refractivity contribution is -0.130. The molecule has 172 valence electrons. The molecule has 2 heterocycles. The Morgan fingerprint density at radius 3 is 2.51 bits per heavy atom. The number of anilines is 1. The summed E-state index contributed by atoms with van der Waals surface area (Å²) < 4.78 is 0. The molecule has 4 heteroatoms. The lowest BCUT2D eigenvalue weighted by Crippen LogP contribution is -2.60. The standard InChI is InChI=1S/C31H26N2O2/c1-33-19-26(24-14-8-11-20-9-2-4-12-22(20)24)30(18-17-21-10-3-5-13-23(21)28(30)34)31(33)25-15-6-7-16-27(25)32-29(31)35/h2-16,26H,17-19H2,1H3,(H,32,35)/t26-,30+,31+/m0/s1. The molecule has 4 aromatic rings. The minimum absolute atomic E-state index is 0.0864. The molecular weight excluding hydrogens is 432 g/mol. The predicted octanol–water partition coefficient (Wildman–Crippen LogP) is 5.53. The third-order valence-electron chi connectivity index (χ3n) is 8.82. The number of hydrogen-bond donors (Lipinski definition) is 1. The van der Waals surface area contributed by atoms with Crippen LogP contribution in [0.4, 0.5) is 5.69 Å². The summed E-state index contributed by atoms with van der Waals surface area (Å²) in [5.74, 6) is -0.124. The highest BCUT2D eigenvalue weighted by Gasteiger charge is 2.73. The maximum Gasteiger partial charge on any atom is 0.250 e. The van der Waals surface area contributed by atoms with Crippen molar-refractivity contribution in [2.75, 3.05) is 18.9 Å². The Morgan fingerprint density at radius 1 is 0.857 bits per heavy atom. The van der Waals surface area contributed by atoms with Crippen LogP contribution in [0.1, 0.15) is 39.4 Å². The zero-order valence-electron chi connectivity index (χ0n) is 19.6. The lowest BCUT2D eigenvalue weighted by Gasteiger charge is -2.48. The van der Waals surface area contributed by atoms with Crippen LogP contribution in [-0.2, 0) is 16.8 Å². The van der Waals surface area contributed by atoms with Crippen LogP contribution in [0.25, 0.3) is 10.8 Å². The van der Waals surface area contributed by atoms with Gasteiger partial charge in [0.25, 0.3) is 5.91 Å². The molecule has 1 fully saturated rings. The van der Waals surface area contributed by atoms with Gasteiger partial charge in [-0.3, -0.25) is 14.5 Å². The summed E-state index contributed by atoms with van der Waals surface area (Å²) in [5, 5.41) is 5.46. The van der Waals surface area contributed by atoms with Crippen molar-refractivity contribution in [3.63, 3.8) is 0 Å². The van der Waals surface area contributed by atoms with Crippen molar-refractivity contribution in [2.24, 2.45) is 5.41 Å². The first kappa shape index (κ1) is 20.6. The molecule has 1 aliphatic carbocycles. The van der Waals surface area contributed by atoms with E-state index in [1.54, 1.807) is 0 Å². The molecule has 0 unspecified atom stereocenters. The van der Waals surface area contributed by atoms with E-state index in [1.807, 2.05) is 55.6 Å². The van der Waals surface area contributed by atoms with Crippen molar-refractivity contribution in [2.45, 2.75) is 24.3 Å². The van der Waals surface area contributed by atoms with E-state index in [2.05, 4.69) is 52.7 Å². The summed E-state index contributed by atoms with van der Waals surface area (Å²) >= 11 is 0. The average Bonchev–Trinajstić information content (AvgIpc) is 3.34. The summed E-state index contributed by atoms with van der Waals surface area (Å²) in [6.07, 6.45) is 1.40. The Bertz CT molecular complexity index is 1540. The molecule has 3 aliphatic rings. The highest BCUT2D eigenvalue weighted by molar-refractivity contribution is 6.15. The summed E-state index contributed by atoms with van der Waals surface area (Å²) in [7, 11) is 2.02. The number of nitrogens with one attached hydrogen (secondary N) is 1. The molecule has 35 heavy (non-hydrogen) atoms. The zero-order valence-corrected chi connectivity index (χ0v) is 19.6. The number of carbonyl (C=O) groups is 2. The molecule has 2 aliphatic heterocycles. The van der Waals surface area contributed by atoms with Gasteiger partial charge in [0.2, 0.25) is 0 Å². The van der Waals surface area contributed by atoms with Crippen LogP contribution in [0.5, 0.6) is 0 Å². The largest absolute Gasteiger partial charge is 0.324 e. The lowest BCUT2D eigenvalue weighted by atomic mass is 9.53. The van der Waals surface area contributed by atoms with Gasteiger partial charge >= 0.3 is 0 Å². The fourth-order valence-corrected chi connectivity index (χ4v) is 7.47. The quantitative estimate of drug-likeness (QED) is 0.408. The van der Waals surface area contributed by atoms with Gasteiger partial charge in [-0.2, -0.15) is 0 Å². The van der Waals surface area contributed by atoms with E-state index >= 15 is 0 Å². The third kappa shape index (κ3) is 2.40. The van der Waals surface area contributed by atoms with Gasteiger partial charge in [-0.15, -0.1) is 0 Å². The molecule has 2 spiro atoms. The van der Waals surface area contributed by atoms with Gasteiger partial charge in [0, 0.05) is 29.3 Å². The minimum atomic E-state index is -1.06. The first-order chi connectivity index (χ1) is 17.1. The van der Waals surface area contributed by atoms with Gasteiger partial charge in [-0.05, 0) is 47.9 Å². The molecule has 0 saturated carbocycles. The minimum Gasteiger partial charge on any atom is -0.324 e. The van der Waals surface area contributed by atoms with Crippen LogP contribution in [0.2, 0.25) is 0 Å². The van der Waals surface area contributed by atoms with Crippen LogP contribution in [0.3, 0.4) is 0 Å². The van der Waals surface area contributed by atoms with Crippen LogP contribution >= 0.6 is 0 Å². The van der Waals surface area contributed by atoms with Crippen molar-refractivity contribution in [1.82, 2.24) is 4.90 Å². The number of Topliss-reactive ketones (excluding diaryl/α,β-unsaturated/α-hetero) is 1. The van der Waals surface area contributed by atoms with E-state index in [0.717, 1.165) is 45.1 Å². The highest BCUT2D eigenvalue weighted by Crippen LogP contribution is 2.66. The maximum absolute atomic E-state index is 14.8. The number of amides is 1. The molecule has 1 amide bonds. The first-order valence-electron chi connectivity index (χ1n) is 12.3. The Kier molecular flexibility index (Phi) is 4.19. The summed E-state index contributed by atoms with van der Waals surface area (Å²) in [6, 6.07) is 30.6. The van der Waals surface area contributed by atoms with Crippen molar-refractivity contribution in [3.05, 3.63) is 113 Å². The van der Waals surface area contributed by atoms with Gasteiger partial charge < -0.3 is 5.32 Å². The predicted molar refractivity (Wildman–Crippen MR) is 138 cm³/mol. The number of carbonyl (C=O) groups excluding carboxylic acids is 2. The summed E-state index contributed by atoms with van der Waals surface area (Å²) in [6.45, 7) is 0.629. The molecule has 0 radical (unpaired) electrons. The molecule has 1 saturated heterocycles. The second-order valence-electron chi connectivity index (χ2n) is 10.2.